The summed E-state index contributed by atoms with van der Waals surface area (Å²) in [5.41, 5.74) is 9.70. The van der Waals surface area contributed by atoms with Gasteiger partial charge in [-0.2, -0.15) is 0 Å². The zero-order valence-corrected chi connectivity index (χ0v) is 12.7. The fourth-order valence-electron chi connectivity index (χ4n) is 3.15. The van der Waals surface area contributed by atoms with Gasteiger partial charge in [0.25, 0.3) is 0 Å². The first kappa shape index (κ1) is 14.4. The Bertz CT molecular complexity index is 412. The van der Waals surface area contributed by atoms with Gasteiger partial charge in [-0.15, -0.1) is 0 Å². The summed E-state index contributed by atoms with van der Waals surface area (Å²) in [7, 11) is 0. The molecule has 1 aliphatic rings. The second-order valence-corrected chi connectivity index (χ2v) is 6.24. The molecule has 19 heavy (non-hydrogen) atoms. The molecule has 1 aliphatic heterocycles. The zero-order valence-electron chi connectivity index (χ0n) is 12.7. The molecular formula is C17H28N2. The maximum absolute atomic E-state index is 5.74. The van der Waals surface area contributed by atoms with E-state index in [1.165, 1.54) is 49.2 Å². The summed E-state index contributed by atoms with van der Waals surface area (Å²) in [5.74, 6) is 1.72. The predicted molar refractivity (Wildman–Crippen MR) is 83.5 cm³/mol. The maximum atomic E-state index is 5.74. The molecule has 0 aliphatic carbocycles. The van der Waals surface area contributed by atoms with Gasteiger partial charge in [-0.1, -0.05) is 19.9 Å². The fraction of sp³-hybridized carbons (Fsp3) is 0.647. The average Bonchev–Trinajstić information content (AvgIpc) is 2.64. The monoisotopic (exact) mass is 260 g/mol. The number of nitrogens with zero attached hydrogens (tertiary/aromatic N) is 1. The van der Waals surface area contributed by atoms with Crippen molar-refractivity contribution < 1.29 is 0 Å². The molecular weight excluding hydrogens is 232 g/mol. The van der Waals surface area contributed by atoms with Crippen molar-refractivity contribution in [1.82, 2.24) is 0 Å². The van der Waals surface area contributed by atoms with E-state index in [1.807, 2.05) is 0 Å². The summed E-state index contributed by atoms with van der Waals surface area (Å²) in [6.07, 6.45) is 4.03. The first-order valence-electron chi connectivity index (χ1n) is 7.66. The molecule has 0 aromatic heterocycles. The number of rotatable bonds is 3. The lowest BCUT2D eigenvalue weighted by Gasteiger charge is -2.24. The van der Waals surface area contributed by atoms with Gasteiger partial charge in [-0.3, -0.25) is 0 Å². The Morgan fingerprint density at radius 2 is 2.05 bits per heavy atom. The minimum atomic E-state index is 0.640. The van der Waals surface area contributed by atoms with E-state index in [4.69, 9.17) is 5.73 Å². The predicted octanol–water partition coefficient (Wildman–Crippen LogP) is 3.72. The highest BCUT2D eigenvalue weighted by Crippen LogP contribution is 2.28. The Balaban J connectivity index is 2.08. The van der Waals surface area contributed by atoms with Crippen LogP contribution in [0.25, 0.3) is 0 Å². The zero-order chi connectivity index (χ0) is 13.8. The number of hydrogen-bond donors (Lipinski definition) is 1. The molecule has 2 nitrogen and oxygen atoms in total. The molecule has 106 valence electrons. The van der Waals surface area contributed by atoms with E-state index in [0.29, 0.717) is 6.54 Å². The van der Waals surface area contributed by atoms with Crippen molar-refractivity contribution in [1.29, 1.82) is 0 Å². The average molecular weight is 260 g/mol. The summed E-state index contributed by atoms with van der Waals surface area (Å²) < 4.78 is 0. The van der Waals surface area contributed by atoms with E-state index >= 15 is 0 Å². The third kappa shape index (κ3) is 3.50. The van der Waals surface area contributed by atoms with Gasteiger partial charge < -0.3 is 10.6 Å². The molecule has 0 saturated carbocycles. The summed E-state index contributed by atoms with van der Waals surface area (Å²) in [6, 6.07) is 6.73. The normalized spacial score (nSPS) is 20.7. The van der Waals surface area contributed by atoms with E-state index < -0.39 is 0 Å². The molecule has 1 atom stereocenters. The SMILES string of the molecule is Cc1cc(N2CCCC(C(C)C)CC2)ccc1CN. The van der Waals surface area contributed by atoms with Gasteiger partial charge in [0.15, 0.2) is 0 Å². The van der Waals surface area contributed by atoms with E-state index in [1.54, 1.807) is 0 Å². The van der Waals surface area contributed by atoms with E-state index in [2.05, 4.69) is 43.9 Å². The van der Waals surface area contributed by atoms with Crippen LogP contribution in [0.2, 0.25) is 0 Å². The van der Waals surface area contributed by atoms with Crippen molar-refractivity contribution in [2.75, 3.05) is 18.0 Å². The Morgan fingerprint density at radius 3 is 2.68 bits per heavy atom. The summed E-state index contributed by atoms with van der Waals surface area (Å²) in [4.78, 5) is 2.55. The molecule has 1 unspecified atom stereocenters. The van der Waals surface area contributed by atoms with E-state index in [0.717, 1.165) is 11.8 Å². The molecule has 0 bridgehead atoms. The first-order chi connectivity index (χ1) is 9.11. The van der Waals surface area contributed by atoms with Crippen LogP contribution in [-0.2, 0) is 6.54 Å². The molecule has 0 radical (unpaired) electrons. The molecule has 1 saturated heterocycles. The fourth-order valence-corrected chi connectivity index (χ4v) is 3.15. The minimum absolute atomic E-state index is 0.640. The van der Waals surface area contributed by atoms with Crippen LogP contribution in [0.1, 0.15) is 44.2 Å². The second kappa shape index (κ2) is 6.42. The van der Waals surface area contributed by atoms with Gasteiger partial charge in [0.1, 0.15) is 0 Å². The lowest BCUT2D eigenvalue weighted by atomic mass is 9.89. The molecule has 1 aromatic rings. The van der Waals surface area contributed by atoms with Gasteiger partial charge in [-0.05, 0) is 61.3 Å². The Labute approximate surface area is 118 Å². The van der Waals surface area contributed by atoms with Gasteiger partial charge in [0.2, 0.25) is 0 Å². The van der Waals surface area contributed by atoms with Gasteiger partial charge in [-0.25, -0.2) is 0 Å². The smallest absolute Gasteiger partial charge is 0.0369 e. The Hall–Kier alpha value is -1.02. The van der Waals surface area contributed by atoms with Crippen molar-refractivity contribution in [2.45, 2.75) is 46.6 Å². The largest absolute Gasteiger partial charge is 0.372 e. The van der Waals surface area contributed by atoms with Crippen molar-refractivity contribution in [3.05, 3.63) is 29.3 Å². The summed E-state index contributed by atoms with van der Waals surface area (Å²) in [5, 5.41) is 0. The highest BCUT2D eigenvalue weighted by atomic mass is 15.1. The molecule has 2 heteroatoms. The van der Waals surface area contributed by atoms with Gasteiger partial charge in [0.05, 0.1) is 0 Å². The van der Waals surface area contributed by atoms with Crippen molar-refractivity contribution >= 4 is 5.69 Å². The molecule has 1 fully saturated rings. The number of benzene rings is 1. The molecule has 2 N–H and O–H groups in total. The van der Waals surface area contributed by atoms with Crippen LogP contribution in [0, 0.1) is 18.8 Å². The van der Waals surface area contributed by atoms with Crippen molar-refractivity contribution in [2.24, 2.45) is 17.6 Å². The lowest BCUT2D eigenvalue weighted by Crippen LogP contribution is -2.24. The second-order valence-electron chi connectivity index (χ2n) is 6.24. The van der Waals surface area contributed by atoms with E-state index in [-0.39, 0.29) is 0 Å². The highest BCUT2D eigenvalue weighted by molar-refractivity contribution is 5.51. The third-order valence-corrected chi connectivity index (χ3v) is 4.63. The molecule has 1 aromatic carbocycles. The van der Waals surface area contributed by atoms with Crippen LogP contribution in [0.5, 0.6) is 0 Å². The highest BCUT2D eigenvalue weighted by Gasteiger charge is 2.19. The standard InChI is InChI=1S/C17H28N2/c1-13(2)15-5-4-9-19(10-8-15)17-7-6-16(12-18)14(3)11-17/h6-7,11,13,15H,4-5,8-10,12,18H2,1-3H3. The number of anilines is 1. The van der Waals surface area contributed by atoms with Crippen LogP contribution in [0.4, 0.5) is 5.69 Å². The van der Waals surface area contributed by atoms with Crippen LogP contribution < -0.4 is 10.6 Å². The summed E-state index contributed by atoms with van der Waals surface area (Å²) in [6.45, 7) is 9.93. The van der Waals surface area contributed by atoms with Crippen LogP contribution >= 0.6 is 0 Å². The third-order valence-electron chi connectivity index (χ3n) is 4.63. The number of nitrogens with two attached hydrogens (primary N) is 1. The quantitative estimate of drug-likeness (QED) is 0.897. The Morgan fingerprint density at radius 1 is 1.26 bits per heavy atom. The molecule has 1 heterocycles. The maximum Gasteiger partial charge on any atom is 0.0369 e. The molecule has 0 spiro atoms. The van der Waals surface area contributed by atoms with Crippen molar-refractivity contribution in [3.63, 3.8) is 0 Å². The molecule has 2 rings (SSSR count). The first-order valence-corrected chi connectivity index (χ1v) is 7.66. The number of hydrogen-bond acceptors (Lipinski definition) is 2. The van der Waals surface area contributed by atoms with Crippen LogP contribution in [0.15, 0.2) is 18.2 Å². The lowest BCUT2D eigenvalue weighted by molar-refractivity contribution is 0.351. The minimum Gasteiger partial charge on any atom is -0.372 e. The van der Waals surface area contributed by atoms with Crippen molar-refractivity contribution in [3.8, 4) is 0 Å². The Kier molecular flexibility index (Phi) is 4.87. The number of aryl methyl sites for hydroxylation is 1. The molecule has 0 amide bonds. The summed E-state index contributed by atoms with van der Waals surface area (Å²) >= 11 is 0. The van der Waals surface area contributed by atoms with Gasteiger partial charge >= 0.3 is 0 Å². The van der Waals surface area contributed by atoms with Crippen LogP contribution in [-0.4, -0.2) is 13.1 Å². The topological polar surface area (TPSA) is 29.3 Å². The van der Waals surface area contributed by atoms with Gasteiger partial charge in [0, 0.05) is 25.3 Å². The van der Waals surface area contributed by atoms with Crippen LogP contribution in [0.3, 0.4) is 0 Å². The van der Waals surface area contributed by atoms with E-state index in [9.17, 15) is 0 Å².